The second-order valence-electron chi connectivity index (χ2n) is 2.44. The van der Waals surface area contributed by atoms with Crippen molar-refractivity contribution < 1.29 is 13.2 Å². The highest BCUT2D eigenvalue weighted by Crippen LogP contribution is 2.28. The van der Waals surface area contributed by atoms with E-state index in [1.165, 1.54) is 19.2 Å². The molecule has 0 N–H and O–H groups in total. The van der Waals surface area contributed by atoms with Crippen molar-refractivity contribution in [2.24, 2.45) is 4.52 Å². The number of ether oxygens (including phenoxy) is 1. The van der Waals surface area contributed by atoms with Gasteiger partial charge in [-0.15, -0.1) is 0 Å². The number of azide groups is 1. The minimum absolute atomic E-state index is 0.130. The van der Waals surface area contributed by atoms with E-state index in [9.17, 15) is 8.42 Å². The van der Waals surface area contributed by atoms with E-state index >= 15 is 0 Å². The third-order valence-corrected chi connectivity index (χ3v) is 3.20. The number of rotatable bonds is 3. The van der Waals surface area contributed by atoms with Crippen molar-refractivity contribution >= 4 is 26.0 Å². The van der Waals surface area contributed by atoms with Crippen molar-refractivity contribution in [3.63, 3.8) is 0 Å². The highest BCUT2D eigenvalue weighted by atomic mass is 79.9. The third kappa shape index (κ3) is 2.62. The molecular weight excluding hydrogens is 286 g/mol. The molecular formula is C7H6BrN3O3S. The SMILES string of the molecule is COc1ccc(Br)cc1S(=O)(=O)N=[N+]=[N-]. The number of nitrogens with zero attached hydrogens (tertiary/aromatic N) is 3. The van der Waals surface area contributed by atoms with Crippen LogP contribution in [0.5, 0.6) is 5.75 Å². The lowest BCUT2D eigenvalue weighted by Gasteiger charge is -2.05. The summed E-state index contributed by atoms with van der Waals surface area (Å²) in [7, 11) is -2.69. The minimum Gasteiger partial charge on any atom is -0.495 e. The summed E-state index contributed by atoms with van der Waals surface area (Å²) >= 11 is 3.11. The number of benzene rings is 1. The summed E-state index contributed by atoms with van der Waals surface area (Å²) in [5.74, 6) is 0.130. The van der Waals surface area contributed by atoms with Crippen molar-refractivity contribution in [2.45, 2.75) is 4.90 Å². The van der Waals surface area contributed by atoms with Crippen LogP contribution in [0.4, 0.5) is 0 Å². The molecule has 0 radical (unpaired) electrons. The van der Waals surface area contributed by atoms with E-state index in [1.54, 1.807) is 6.07 Å². The zero-order valence-corrected chi connectivity index (χ0v) is 9.99. The van der Waals surface area contributed by atoms with Crippen LogP contribution < -0.4 is 4.74 Å². The Labute approximate surface area is 94.7 Å². The molecule has 1 aromatic carbocycles. The number of methoxy groups -OCH3 is 1. The molecule has 15 heavy (non-hydrogen) atoms. The molecule has 0 saturated carbocycles. The summed E-state index contributed by atoms with van der Waals surface area (Å²) in [4.78, 5) is 2.09. The van der Waals surface area contributed by atoms with Gasteiger partial charge in [0.25, 0.3) is 10.0 Å². The summed E-state index contributed by atoms with van der Waals surface area (Å²) in [6.45, 7) is 0. The molecule has 0 spiro atoms. The van der Waals surface area contributed by atoms with E-state index in [0.717, 1.165) is 0 Å². The van der Waals surface area contributed by atoms with E-state index < -0.39 is 10.0 Å². The second kappa shape index (κ2) is 4.52. The van der Waals surface area contributed by atoms with Gasteiger partial charge < -0.3 is 4.74 Å². The highest BCUT2D eigenvalue weighted by Gasteiger charge is 2.18. The van der Waals surface area contributed by atoms with Crippen LogP contribution in [0.3, 0.4) is 0 Å². The summed E-state index contributed by atoms with van der Waals surface area (Å²) < 4.78 is 31.0. The predicted molar refractivity (Wildman–Crippen MR) is 57.0 cm³/mol. The number of halogens is 1. The topological polar surface area (TPSA) is 92.1 Å². The molecule has 80 valence electrons. The zero-order valence-electron chi connectivity index (χ0n) is 7.58. The molecule has 0 unspecified atom stereocenters. The van der Waals surface area contributed by atoms with Crippen LogP contribution in [0, 0.1) is 0 Å². The molecule has 0 bridgehead atoms. The second-order valence-corrected chi connectivity index (χ2v) is 4.91. The standard InChI is InChI=1S/C7H6BrN3O3S/c1-14-6-3-2-5(8)4-7(6)15(12,13)11-10-9/h2-4H,1H3. The number of hydrogen-bond acceptors (Lipinski definition) is 3. The van der Waals surface area contributed by atoms with Gasteiger partial charge in [-0.1, -0.05) is 15.9 Å². The Bertz CT molecular complexity index is 522. The predicted octanol–water partition coefficient (Wildman–Crippen LogP) is 2.46. The Morgan fingerprint density at radius 2 is 2.20 bits per heavy atom. The van der Waals surface area contributed by atoms with E-state index in [2.05, 4.69) is 25.4 Å². The molecule has 1 aromatic rings. The van der Waals surface area contributed by atoms with Crippen LogP contribution in [0.15, 0.2) is 32.1 Å². The quantitative estimate of drug-likeness (QED) is 0.486. The molecule has 0 aliphatic rings. The highest BCUT2D eigenvalue weighted by molar-refractivity contribution is 9.10. The van der Waals surface area contributed by atoms with Crippen molar-refractivity contribution in [1.29, 1.82) is 0 Å². The Morgan fingerprint density at radius 3 is 2.73 bits per heavy atom. The summed E-state index contributed by atoms with van der Waals surface area (Å²) in [5, 5.41) is 0. The lowest BCUT2D eigenvalue weighted by Crippen LogP contribution is -1.99. The van der Waals surface area contributed by atoms with Gasteiger partial charge in [0.2, 0.25) is 0 Å². The molecule has 8 heteroatoms. The fraction of sp³-hybridized carbons (Fsp3) is 0.143. The van der Waals surface area contributed by atoms with Gasteiger partial charge in [0, 0.05) is 13.9 Å². The van der Waals surface area contributed by atoms with Crippen LogP contribution in [0.25, 0.3) is 10.4 Å². The van der Waals surface area contributed by atoms with Crippen molar-refractivity contribution in [2.75, 3.05) is 7.11 Å². The van der Waals surface area contributed by atoms with Gasteiger partial charge in [-0.2, -0.15) is 0 Å². The molecule has 0 aromatic heterocycles. The first-order chi connectivity index (χ1) is 7.01. The number of sulfonamides is 1. The van der Waals surface area contributed by atoms with Gasteiger partial charge in [0.15, 0.2) is 0 Å². The third-order valence-electron chi connectivity index (χ3n) is 1.55. The lowest BCUT2D eigenvalue weighted by atomic mass is 10.3. The summed E-state index contributed by atoms with van der Waals surface area (Å²) in [6.07, 6.45) is 0. The molecule has 0 aliphatic heterocycles. The monoisotopic (exact) mass is 291 g/mol. The Kier molecular flexibility index (Phi) is 3.57. The Hall–Kier alpha value is -1.24. The van der Waals surface area contributed by atoms with Crippen LogP contribution >= 0.6 is 15.9 Å². The van der Waals surface area contributed by atoms with Gasteiger partial charge in [0.1, 0.15) is 10.6 Å². The van der Waals surface area contributed by atoms with Gasteiger partial charge in [-0.05, 0) is 23.7 Å². The first kappa shape index (κ1) is 11.8. The van der Waals surface area contributed by atoms with E-state index in [-0.39, 0.29) is 10.6 Å². The maximum atomic E-state index is 11.4. The van der Waals surface area contributed by atoms with Crippen LogP contribution in [0.2, 0.25) is 0 Å². The van der Waals surface area contributed by atoms with Crippen LogP contribution in [-0.2, 0) is 10.0 Å². The Morgan fingerprint density at radius 1 is 1.53 bits per heavy atom. The first-order valence-corrected chi connectivity index (χ1v) is 5.89. The summed E-state index contributed by atoms with van der Waals surface area (Å²) in [5.41, 5.74) is 8.12. The molecule has 0 saturated heterocycles. The van der Waals surface area contributed by atoms with Gasteiger partial charge in [0.05, 0.1) is 7.11 Å². The maximum Gasteiger partial charge on any atom is 0.268 e. The van der Waals surface area contributed by atoms with Crippen molar-refractivity contribution in [1.82, 2.24) is 0 Å². The van der Waals surface area contributed by atoms with Gasteiger partial charge in [-0.3, -0.25) is 0 Å². The molecule has 0 atom stereocenters. The lowest BCUT2D eigenvalue weighted by molar-refractivity contribution is 0.402. The molecule has 1 rings (SSSR count). The smallest absolute Gasteiger partial charge is 0.268 e. The zero-order chi connectivity index (χ0) is 11.5. The Balaban J connectivity index is 3.48. The van der Waals surface area contributed by atoms with Crippen molar-refractivity contribution in [3.05, 3.63) is 33.1 Å². The fourth-order valence-corrected chi connectivity index (χ4v) is 2.32. The largest absolute Gasteiger partial charge is 0.495 e. The summed E-state index contributed by atoms with van der Waals surface area (Å²) in [6, 6.07) is 4.39. The van der Waals surface area contributed by atoms with E-state index in [4.69, 9.17) is 10.3 Å². The molecule has 0 amide bonds. The molecule has 0 aliphatic carbocycles. The molecule has 0 fully saturated rings. The average molecular weight is 292 g/mol. The normalized spacial score (nSPS) is 10.5. The average Bonchev–Trinajstić information content (AvgIpc) is 2.17. The fourth-order valence-electron chi connectivity index (χ4n) is 0.944. The van der Waals surface area contributed by atoms with E-state index in [1.807, 2.05) is 0 Å². The minimum atomic E-state index is -4.02. The maximum absolute atomic E-state index is 11.4. The molecule has 0 heterocycles. The van der Waals surface area contributed by atoms with Gasteiger partial charge >= 0.3 is 0 Å². The van der Waals surface area contributed by atoms with Crippen LogP contribution in [-0.4, -0.2) is 15.5 Å². The number of hydrogen-bond donors (Lipinski definition) is 0. The van der Waals surface area contributed by atoms with Crippen LogP contribution in [0.1, 0.15) is 0 Å². The van der Waals surface area contributed by atoms with E-state index in [0.29, 0.717) is 4.47 Å². The van der Waals surface area contributed by atoms with Crippen molar-refractivity contribution in [3.8, 4) is 5.75 Å². The van der Waals surface area contributed by atoms with Gasteiger partial charge in [-0.25, -0.2) is 8.42 Å². The first-order valence-electron chi connectivity index (χ1n) is 3.66. The molecule has 6 nitrogen and oxygen atoms in total.